The molecule has 1 saturated heterocycles. The molecule has 2 atom stereocenters. The van der Waals surface area contributed by atoms with Crippen LogP contribution in [0, 0.1) is 6.92 Å². The molecule has 1 fully saturated rings. The Bertz CT molecular complexity index is 1860. The van der Waals surface area contributed by atoms with Gasteiger partial charge in [-0.2, -0.15) is 0 Å². The van der Waals surface area contributed by atoms with E-state index in [1.807, 2.05) is 49.0 Å². The molecule has 1 unspecified atom stereocenters. The first-order valence-electron chi connectivity index (χ1n) is 14.6. The van der Waals surface area contributed by atoms with Gasteiger partial charge in [-0.25, -0.2) is 17.7 Å². The smallest absolute Gasteiger partial charge is 0.271 e. The van der Waals surface area contributed by atoms with E-state index in [9.17, 15) is 8.42 Å². The quantitative estimate of drug-likeness (QED) is 0.231. The van der Waals surface area contributed by atoms with Crippen molar-refractivity contribution in [3.05, 3.63) is 100 Å². The molecule has 0 aliphatic carbocycles. The highest BCUT2D eigenvalue weighted by atomic mass is 35.5. The number of amides is 1. The number of carbonyl (C=O) groups excluding carboxylic acids is 1. The van der Waals surface area contributed by atoms with E-state index in [4.69, 9.17) is 25.5 Å². The van der Waals surface area contributed by atoms with Crippen molar-refractivity contribution in [3.63, 3.8) is 0 Å². The van der Waals surface area contributed by atoms with Crippen LogP contribution < -0.4 is 13.8 Å². The molecule has 3 aromatic carbocycles. The normalized spacial score (nSPS) is 20.2. The Morgan fingerprint density at radius 3 is 2.44 bits per heavy atom. The van der Waals surface area contributed by atoms with Crippen LogP contribution in [0.15, 0.2) is 76.2 Å². The summed E-state index contributed by atoms with van der Waals surface area (Å²) in [6, 6.07) is 16.1. The molecule has 2 aliphatic rings. The first-order chi connectivity index (χ1) is 21.5. The van der Waals surface area contributed by atoms with E-state index in [2.05, 4.69) is 4.98 Å². The molecule has 0 spiro atoms. The van der Waals surface area contributed by atoms with Crippen molar-refractivity contribution in [1.29, 1.82) is 0 Å². The maximum Gasteiger partial charge on any atom is 0.271 e. The largest absolute Gasteiger partial charge is 0.497 e. The molecule has 45 heavy (non-hydrogen) atoms. The molecule has 0 saturated carbocycles. The minimum atomic E-state index is -4.40. The minimum Gasteiger partial charge on any atom is -0.497 e. The predicted molar refractivity (Wildman–Crippen MR) is 170 cm³/mol. The first kappa shape index (κ1) is 31.1. The van der Waals surface area contributed by atoms with Crippen LogP contribution >= 0.6 is 11.6 Å². The van der Waals surface area contributed by atoms with E-state index in [1.54, 1.807) is 43.6 Å². The second-order valence-electron chi connectivity index (χ2n) is 11.6. The number of halogens is 1. The van der Waals surface area contributed by atoms with Crippen LogP contribution in [-0.4, -0.2) is 64.0 Å². The number of aryl methyl sites for hydroxylation is 1. The number of carbonyl (C=O) groups is 1. The third-order valence-electron chi connectivity index (χ3n) is 8.42. The van der Waals surface area contributed by atoms with Crippen molar-refractivity contribution >= 4 is 33.2 Å². The van der Waals surface area contributed by atoms with Crippen molar-refractivity contribution in [3.8, 4) is 11.5 Å². The highest BCUT2D eigenvalue weighted by Crippen LogP contribution is 2.57. The number of nitrogens with zero attached hydrogens (tertiary/aromatic N) is 4. The number of benzene rings is 3. The third kappa shape index (κ3) is 5.07. The van der Waals surface area contributed by atoms with E-state index in [0.29, 0.717) is 58.8 Å². The van der Waals surface area contributed by atoms with Crippen LogP contribution in [0.2, 0.25) is 5.02 Å². The number of rotatable bonds is 9. The van der Waals surface area contributed by atoms with Crippen molar-refractivity contribution in [2.24, 2.45) is 0 Å². The van der Waals surface area contributed by atoms with Gasteiger partial charge in [-0.3, -0.25) is 9.69 Å². The molecule has 6 rings (SSSR count). The van der Waals surface area contributed by atoms with Crippen LogP contribution in [0.1, 0.15) is 47.2 Å². The number of aromatic nitrogens is 1. The van der Waals surface area contributed by atoms with E-state index < -0.39 is 27.5 Å². The zero-order valence-electron chi connectivity index (χ0n) is 25.8. The van der Waals surface area contributed by atoms with Crippen LogP contribution in [0.25, 0.3) is 0 Å². The minimum absolute atomic E-state index is 0.0528. The molecule has 0 N–H and O–H groups in total. The molecule has 3 heterocycles. The molecule has 236 valence electrons. The summed E-state index contributed by atoms with van der Waals surface area (Å²) < 4.78 is 47.1. The van der Waals surface area contributed by atoms with Gasteiger partial charge in [0, 0.05) is 29.2 Å². The second kappa shape index (κ2) is 11.8. The predicted octanol–water partition coefficient (Wildman–Crippen LogP) is 5.53. The van der Waals surface area contributed by atoms with Gasteiger partial charge < -0.3 is 18.8 Å². The fourth-order valence-corrected chi connectivity index (χ4v) is 8.22. The summed E-state index contributed by atoms with van der Waals surface area (Å²) in [4.78, 5) is 24.0. The standard InChI is InChI=1S/C33H35ClN4O6S/c1-21-19-35-31(44-21)29-7-6-16-37(29)33(27-17-22(20-36(2)3)8-15-30(27)43-5)26-18-23(34)9-14-28(26)38(32(33)39)45(40,41)25-12-10-24(42-4)11-13-25/h8-15,17-19,29H,6-7,16,20H2,1-5H3/t29-,33?/m0/s1. The SMILES string of the molecule is COc1ccc(S(=O)(=O)N2C(=O)C(c3cc(CN(C)C)ccc3OC)(N3CCC[C@H]3c3ncc(C)o3)c3cc(Cl)ccc32)cc1. The summed E-state index contributed by atoms with van der Waals surface area (Å²) in [6.45, 7) is 2.86. The van der Waals surface area contributed by atoms with E-state index in [0.717, 1.165) is 16.3 Å². The molecule has 1 amide bonds. The Labute approximate surface area is 268 Å². The number of hydrogen-bond donors (Lipinski definition) is 0. The maximum atomic E-state index is 15.4. The van der Waals surface area contributed by atoms with Gasteiger partial charge in [0.05, 0.1) is 37.0 Å². The number of anilines is 1. The Hall–Kier alpha value is -3.90. The maximum absolute atomic E-state index is 15.4. The van der Waals surface area contributed by atoms with Crippen molar-refractivity contribution in [1.82, 2.24) is 14.8 Å². The number of hydrogen-bond acceptors (Lipinski definition) is 9. The van der Waals surface area contributed by atoms with E-state index in [1.165, 1.54) is 19.2 Å². The Morgan fingerprint density at radius 2 is 1.80 bits per heavy atom. The van der Waals surface area contributed by atoms with Gasteiger partial charge in [-0.1, -0.05) is 17.7 Å². The third-order valence-corrected chi connectivity index (χ3v) is 10.4. The summed E-state index contributed by atoms with van der Waals surface area (Å²) in [6.07, 6.45) is 3.02. The van der Waals surface area contributed by atoms with E-state index >= 15 is 4.79 Å². The summed E-state index contributed by atoms with van der Waals surface area (Å²) in [5, 5.41) is 0.362. The molecular weight excluding hydrogens is 616 g/mol. The zero-order chi connectivity index (χ0) is 32.1. The Balaban J connectivity index is 1.67. The number of sulfonamides is 1. The number of fused-ring (bicyclic) bond motifs is 1. The lowest BCUT2D eigenvalue weighted by atomic mass is 9.80. The number of likely N-dealkylation sites (tertiary alicyclic amines) is 1. The highest BCUT2D eigenvalue weighted by molar-refractivity contribution is 7.93. The Morgan fingerprint density at radius 1 is 1.04 bits per heavy atom. The average Bonchev–Trinajstić information content (AvgIpc) is 3.73. The van der Waals surface area contributed by atoms with Gasteiger partial charge in [-0.15, -0.1) is 0 Å². The molecule has 1 aromatic heterocycles. The zero-order valence-corrected chi connectivity index (χ0v) is 27.4. The number of oxazole rings is 1. The molecule has 0 radical (unpaired) electrons. The van der Waals surface area contributed by atoms with E-state index in [-0.39, 0.29) is 10.6 Å². The average molecular weight is 651 g/mol. The molecule has 12 heteroatoms. The fourth-order valence-electron chi connectivity index (χ4n) is 6.58. The Kier molecular flexibility index (Phi) is 8.15. The van der Waals surface area contributed by atoms with Crippen LogP contribution in [0.3, 0.4) is 0 Å². The molecule has 0 bridgehead atoms. The van der Waals surface area contributed by atoms with Crippen LogP contribution in [0.5, 0.6) is 11.5 Å². The molecule has 10 nitrogen and oxygen atoms in total. The molecule has 4 aromatic rings. The lowest BCUT2D eigenvalue weighted by Crippen LogP contribution is -2.54. The summed E-state index contributed by atoms with van der Waals surface area (Å²) in [7, 11) is 2.56. The number of ether oxygens (including phenoxy) is 2. The van der Waals surface area contributed by atoms with Crippen LogP contribution in [-0.2, 0) is 26.9 Å². The van der Waals surface area contributed by atoms with Crippen molar-refractivity contribution < 1.29 is 27.1 Å². The fraction of sp³-hybridized carbons (Fsp3) is 0.333. The molecular formula is C33H35ClN4O6S. The van der Waals surface area contributed by atoms with Gasteiger partial charge in [-0.05, 0) is 94.0 Å². The lowest BCUT2D eigenvalue weighted by molar-refractivity contribution is -0.127. The van der Waals surface area contributed by atoms with Gasteiger partial charge >= 0.3 is 0 Å². The van der Waals surface area contributed by atoms with Crippen molar-refractivity contribution in [2.45, 2.75) is 42.8 Å². The van der Waals surface area contributed by atoms with Gasteiger partial charge in [0.1, 0.15) is 17.3 Å². The van der Waals surface area contributed by atoms with Crippen molar-refractivity contribution in [2.75, 3.05) is 39.2 Å². The second-order valence-corrected chi connectivity index (χ2v) is 13.8. The number of methoxy groups -OCH3 is 2. The topological polar surface area (TPSA) is 105 Å². The summed E-state index contributed by atoms with van der Waals surface area (Å²) in [5.41, 5.74) is 0.435. The monoisotopic (exact) mass is 650 g/mol. The van der Waals surface area contributed by atoms with Crippen LogP contribution in [0.4, 0.5) is 5.69 Å². The lowest BCUT2D eigenvalue weighted by Gasteiger charge is -2.41. The summed E-state index contributed by atoms with van der Waals surface area (Å²) >= 11 is 6.65. The first-order valence-corrected chi connectivity index (χ1v) is 16.4. The van der Waals surface area contributed by atoms with Gasteiger partial charge in [0.25, 0.3) is 15.9 Å². The summed E-state index contributed by atoms with van der Waals surface area (Å²) in [5.74, 6) is 1.37. The van der Waals surface area contributed by atoms with Gasteiger partial charge in [0.2, 0.25) is 5.89 Å². The highest BCUT2D eigenvalue weighted by Gasteiger charge is 2.62. The molecule has 2 aliphatic heterocycles. The van der Waals surface area contributed by atoms with Gasteiger partial charge in [0.15, 0.2) is 5.54 Å².